The Kier molecular flexibility index (Phi) is 6.39. The van der Waals surface area contributed by atoms with Gasteiger partial charge in [-0.1, -0.05) is 24.3 Å². The highest BCUT2D eigenvalue weighted by molar-refractivity contribution is 5.97. The predicted octanol–water partition coefficient (Wildman–Crippen LogP) is 2.42. The number of rotatable bonds is 7. The van der Waals surface area contributed by atoms with E-state index >= 15 is 0 Å². The van der Waals surface area contributed by atoms with E-state index in [0.29, 0.717) is 17.9 Å². The van der Waals surface area contributed by atoms with Crippen LogP contribution in [0.15, 0.2) is 48.5 Å². The summed E-state index contributed by atoms with van der Waals surface area (Å²) in [6.07, 6.45) is 0.334. The summed E-state index contributed by atoms with van der Waals surface area (Å²) in [7, 11) is 3.17. The lowest BCUT2D eigenvalue weighted by Crippen LogP contribution is -2.32. The van der Waals surface area contributed by atoms with E-state index in [2.05, 4.69) is 16.0 Å². The first kappa shape index (κ1) is 18.3. The molecule has 25 heavy (non-hydrogen) atoms. The van der Waals surface area contributed by atoms with E-state index in [1.54, 1.807) is 33.2 Å². The van der Waals surface area contributed by atoms with Crippen LogP contribution in [-0.4, -0.2) is 32.0 Å². The minimum absolute atomic E-state index is 0.0368. The smallest absolute Gasteiger partial charge is 0.246 e. The molecule has 0 aromatic heterocycles. The van der Waals surface area contributed by atoms with Crippen LogP contribution in [0.25, 0.3) is 0 Å². The van der Waals surface area contributed by atoms with Crippen molar-refractivity contribution in [3.8, 4) is 5.75 Å². The number of para-hydroxylation sites is 2. The van der Waals surface area contributed by atoms with Gasteiger partial charge in [0, 0.05) is 12.7 Å². The van der Waals surface area contributed by atoms with E-state index in [9.17, 15) is 9.59 Å². The fraction of sp³-hybridized carbons (Fsp3) is 0.263. The third-order valence-electron chi connectivity index (χ3n) is 3.74. The van der Waals surface area contributed by atoms with Gasteiger partial charge in [0.1, 0.15) is 11.8 Å². The summed E-state index contributed by atoms with van der Waals surface area (Å²) in [5, 5.41) is 8.58. The SMILES string of the molecule is CNC(=O)Cc1ccc(N[C@@H](C)C(=O)Nc2ccccc2OC)cc1. The maximum absolute atomic E-state index is 12.4. The Morgan fingerprint density at radius 2 is 1.76 bits per heavy atom. The maximum Gasteiger partial charge on any atom is 0.246 e. The fourth-order valence-electron chi connectivity index (χ4n) is 2.30. The largest absolute Gasteiger partial charge is 0.495 e. The van der Waals surface area contributed by atoms with Crippen LogP contribution in [0.1, 0.15) is 12.5 Å². The van der Waals surface area contributed by atoms with Gasteiger partial charge in [-0.05, 0) is 36.8 Å². The van der Waals surface area contributed by atoms with Crippen molar-refractivity contribution >= 4 is 23.2 Å². The number of hydrogen-bond acceptors (Lipinski definition) is 4. The first-order valence-electron chi connectivity index (χ1n) is 8.03. The molecule has 0 aliphatic carbocycles. The molecule has 0 unspecified atom stereocenters. The lowest BCUT2D eigenvalue weighted by molar-refractivity contribution is -0.120. The summed E-state index contributed by atoms with van der Waals surface area (Å²) in [6, 6.07) is 14.3. The Balaban J connectivity index is 1.95. The molecule has 2 aromatic carbocycles. The number of methoxy groups -OCH3 is 1. The topological polar surface area (TPSA) is 79.5 Å². The maximum atomic E-state index is 12.4. The quantitative estimate of drug-likeness (QED) is 0.723. The molecule has 6 nitrogen and oxygen atoms in total. The molecule has 2 amide bonds. The van der Waals surface area contributed by atoms with Crippen LogP contribution in [0.5, 0.6) is 5.75 Å². The van der Waals surface area contributed by atoms with Gasteiger partial charge in [-0.25, -0.2) is 0 Å². The van der Waals surface area contributed by atoms with Crippen LogP contribution < -0.4 is 20.7 Å². The van der Waals surface area contributed by atoms with Gasteiger partial charge in [0.2, 0.25) is 11.8 Å². The molecule has 3 N–H and O–H groups in total. The van der Waals surface area contributed by atoms with Crippen LogP contribution in [-0.2, 0) is 16.0 Å². The van der Waals surface area contributed by atoms with Crippen molar-refractivity contribution in [2.45, 2.75) is 19.4 Å². The van der Waals surface area contributed by atoms with Crippen molar-refractivity contribution in [1.29, 1.82) is 0 Å². The third kappa shape index (κ3) is 5.24. The minimum Gasteiger partial charge on any atom is -0.495 e. The zero-order valence-corrected chi connectivity index (χ0v) is 14.6. The number of nitrogens with one attached hydrogen (secondary N) is 3. The van der Waals surface area contributed by atoms with Crippen LogP contribution in [0.4, 0.5) is 11.4 Å². The number of carbonyl (C=O) groups is 2. The zero-order valence-electron chi connectivity index (χ0n) is 14.6. The molecule has 0 fully saturated rings. The number of amides is 2. The standard InChI is InChI=1S/C19H23N3O3/c1-13(19(24)22-16-6-4-5-7-17(16)25-3)21-15-10-8-14(9-11-15)12-18(23)20-2/h4-11,13,21H,12H2,1-3H3,(H,20,23)(H,22,24)/t13-/m0/s1. The van der Waals surface area contributed by atoms with Gasteiger partial charge in [0.15, 0.2) is 0 Å². The van der Waals surface area contributed by atoms with E-state index < -0.39 is 6.04 Å². The summed E-state index contributed by atoms with van der Waals surface area (Å²) < 4.78 is 5.23. The van der Waals surface area contributed by atoms with E-state index in [1.807, 2.05) is 36.4 Å². The molecule has 2 aromatic rings. The van der Waals surface area contributed by atoms with Crippen molar-refractivity contribution in [2.75, 3.05) is 24.8 Å². The molecule has 0 aliphatic heterocycles. The van der Waals surface area contributed by atoms with E-state index in [-0.39, 0.29) is 11.8 Å². The second-order valence-corrected chi connectivity index (χ2v) is 5.60. The summed E-state index contributed by atoms with van der Waals surface area (Å²) >= 11 is 0. The lowest BCUT2D eigenvalue weighted by Gasteiger charge is -2.17. The van der Waals surface area contributed by atoms with Crippen LogP contribution >= 0.6 is 0 Å². The van der Waals surface area contributed by atoms with Crippen molar-refractivity contribution in [1.82, 2.24) is 5.32 Å². The van der Waals surface area contributed by atoms with Crippen LogP contribution in [0, 0.1) is 0 Å². The predicted molar refractivity (Wildman–Crippen MR) is 98.9 cm³/mol. The number of anilines is 2. The monoisotopic (exact) mass is 341 g/mol. The van der Waals surface area contributed by atoms with Gasteiger partial charge in [-0.2, -0.15) is 0 Å². The first-order chi connectivity index (χ1) is 12.0. The van der Waals surface area contributed by atoms with Gasteiger partial charge in [0.25, 0.3) is 0 Å². The van der Waals surface area contributed by atoms with Crippen molar-refractivity contribution in [3.05, 3.63) is 54.1 Å². The summed E-state index contributed by atoms with van der Waals surface area (Å²) in [5.41, 5.74) is 2.35. The second-order valence-electron chi connectivity index (χ2n) is 5.60. The number of ether oxygens (including phenoxy) is 1. The lowest BCUT2D eigenvalue weighted by atomic mass is 10.1. The average Bonchev–Trinajstić information content (AvgIpc) is 2.63. The van der Waals surface area contributed by atoms with E-state index in [0.717, 1.165) is 11.3 Å². The normalized spacial score (nSPS) is 11.3. The van der Waals surface area contributed by atoms with Crippen LogP contribution in [0.3, 0.4) is 0 Å². The summed E-state index contributed by atoms with van der Waals surface area (Å²) in [6.45, 7) is 1.78. The van der Waals surface area contributed by atoms with Gasteiger partial charge >= 0.3 is 0 Å². The average molecular weight is 341 g/mol. The summed E-state index contributed by atoms with van der Waals surface area (Å²) in [5.74, 6) is 0.408. The Labute approximate surface area is 147 Å². The van der Waals surface area contributed by atoms with Crippen molar-refractivity contribution in [3.63, 3.8) is 0 Å². The van der Waals surface area contributed by atoms with Crippen LogP contribution in [0.2, 0.25) is 0 Å². The molecular formula is C19H23N3O3. The number of likely N-dealkylation sites (N-methyl/N-ethyl adjacent to an activating group) is 1. The molecule has 0 aliphatic rings. The van der Waals surface area contributed by atoms with E-state index in [4.69, 9.17) is 4.74 Å². The Morgan fingerprint density at radius 3 is 2.40 bits per heavy atom. The molecule has 0 spiro atoms. The molecule has 0 saturated heterocycles. The molecule has 1 atom stereocenters. The molecule has 0 bridgehead atoms. The molecule has 0 radical (unpaired) electrons. The van der Waals surface area contributed by atoms with Gasteiger partial charge in [-0.3, -0.25) is 9.59 Å². The number of carbonyl (C=O) groups excluding carboxylic acids is 2. The molecule has 0 heterocycles. The van der Waals surface area contributed by atoms with Gasteiger partial charge in [0.05, 0.1) is 19.2 Å². The molecular weight excluding hydrogens is 318 g/mol. The Bertz CT molecular complexity index is 729. The van der Waals surface area contributed by atoms with Gasteiger partial charge in [-0.15, -0.1) is 0 Å². The highest BCUT2D eigenvalue weighted by atomic mass is 16.5. The van der Waals surface area contributed by atoms with Gasteiger partial charge < -0.3 is 20.7 Å². The third-order valence-corrected chi connectivity index (χ3v) is 3.74. The highest BCUT2D eigenvalue weighted by Crippen LogP contribution is 2.23. The Hall–Kier alpha value is -3.02. The molecule has 2 rings (SSSR count). The summed E-state index contributed by atoms with van der Waals surface area (Å²) in [4.78, 5) is 23.7. The van der Waals surface area contributed by atoms with Crippen molar-refractivity contribution in [2.24, 2.45) is 0 Å². The van der Waals surface area contributed by atoms with Crippen molar-refractivity contribution < 1.29 is 14.3 Å². The van der Waals surface area contributed by atoms with E-state index in [1.165, 1.54) is 0 Å². The minimum atomic E-state index is -0.435. The number of hydrogen-bond donors (Lipinski definition) is 3. The molecule has 6 heteroatoms. The highest BCUT2D eigenvalue weighted by Gasteiger charge is 2.14. The number of benzene rings is 2. The molecule has 0 saturated carbocycles. The Morgan fingerprint density at radius 1 is 1.08 bits per heavy atom. The molecule has 132 valence electrons. The first-order valence-corrected chi connectivity index (χ1v) is 8.03. The zero-order chi connectivity index (χ0) is 18.2. The fourth-order valence-corrected chi connectivity index (χ4v) is 2.30. The second kappa shape index (κ2) is 8.73.